The van der Waals surface area contributed by atoms with Gasteiger partial charge in [-0.3, -0.25) is 9.32 Å². The molecule has 8 nitrogen and oxygen atoms in total. The second kappa shape index (κ2) is 7.37. The second-order valence-corrected chi connectivity index (χ2v) is 6.66. The zero-order valence-corrected chi connectivity index (χ0v) is 14.6. The number of hydrogen-bond acceptors (Lipinski definition) is 4. The van der Waals surface area contributed by atoms with E-state index < -0.39 is 26.3 Å². The molecule has 1 aromatic carbocycles. The number of nitrogens with one attached hydrogen (secondary N) is 1. The van der Waals surface area contributed by atoms with Gasteiger partial charge < -0.3 is 15.1 Å². The van der Waals surface area contributed by atoms with Crippen LogP contribution in [-0.2, 0) is 15.8 Å². The molecule has 0 atom stereocenters. The summed E-state index contributed by atoms with van der Waals surface area (Å²) in [7, 11) is -4.76. The van der Waals surface area contributed by atoms with Gasteiger partial charge in [-0.15, -0.1) is 0 Å². The first kappa shape index (κ1) is 19.1. The number of amides is 1. The van der Waals surface area contributed by atoms with Gasteiger partial charge >= 0.3 is 7.82 Å². The molecule has 0 aliphatic carbocycles. The molecule has 0 fully saturated rings. The summed E-state index contributed by atoms with van der Waals surface area (Å²) in [5.41, 5.74) is -0.229. The number of carbonyl (C=O) groups excluding carboxylic acids is 1. The smallest absolute Gasteiger partial charge is 0.319 e. The molecule has 2 rings (SSSR count). The Hall–Kier alpha value is -1.19. The largest absolute Gasteiger partial charge is 0.471 e. The SMILES string of the molecule is O=C(Nc1ccc(F)cc1Cl)c1nn(COP(=O)(O)O)c(Cl)c1Cl. The van der Waals surface area contributed by atoms with Gasteiger partial charge in [0.1, 0.15) is 16.0 Å². The number of benzene rings is 1. The van der Waals surface area contributed by atoms with Gasteiger partial charge in [-0.25, -0.2) is 13.6 Å². The van der Waals surface area contributed by atoms with Crippen LogP contribution in [0.15, 0.2) is 18.2 Å². The number of carbonyl (C=O) groups is 1. The summed E-state index contributed by atoms with van der Waals surface area (Å²) in [6.07, 6.45) is 0. The van der Waals surface area contributed by atoms with Crippen molar-refractivity contribution >= 4 is 54.2 Å². The fourth-order valence-corrected chi connectivity index (χ4v) is 2.42. The van der Waals surface area contributed by atoms with E-state index in [0.29, 0.717) is 0 Å². The lowest BCUT2D eigenvalue weighted by molar-refractivity contribution is 0.102. The summed E-state index contributed by atoms with van der Waals surface area (Å²) >= 11 is 17.5. The minimum Gasteiger partial charge on any atom is -0.319 e. The van der Waals surface area contributed by atoms with Gasteiger partial charge in [0.2, 0.25) is 0 Å². The number of anilines is 1. The molecule has 24 heavy (non-hydrogen) atoms. The maximum atomic E-state index is 13.0. The van der Waals surface area contributed by atoms with Gasteiger partial charge in [-0.2, -0.15) is 5.10 Å². The summed E-state index contributed by atoms with van der Waals surface area (Å²) in [4.78, 5) is 29.5. The predicted molar refractivity (Wildman–Crippen MR) is 84.7 cm³/mol. The molecule has 0 radical (unpaired) electrons. The quantitative estimate of drug-likeness (QED) is 0.642. The molecule has 1 heterocycles. The molecule has 0 saturated heterocycles. The zero-order chi connectivity index (χ0) is 18.1. The Bertz CT molecular complexity index is 841. The Kier molecular flexibility index (Phi) is 5.87. The van der Waals surface area contributed by atoms with E-state index >= 15 is 0 Å². The Balaban J connectivity index is 2.22. The van der Waals surface area contributed by atoms with Gasteiger partial charge in [0, 0.05) is 0 Å². The monoisotopic (exact) mass is 417 g/mol. The third kappa shape index (κ3) is 4.67. The van der Waals surface area contributed by atoms with E-state index in [9.17, 15) is 13.8 Å². The summed E-state index contributed by atoms with van der Waals surface area (Å²) in [6.45, 7) is -0.729. The maximum Gasteiger partial charge on any atom is 0.471 e. The van der Waals surface area contributed by atoms with E-state index in [1.165, 1.54) is 6.07 Å². The number of phosphoric ester groups is 1. The highest BCUT2D eigenvalue weighted by Gasteiger charge is 2.23. The fraction of sp³-hybridized carbons (Fsp3) is 0.0909. The number of nitrogens with zero attached hydrogens (tertiary/aromatic N) is 2. The van der Waals surface area contributed by atoms with Crippen LogP contribution in [0.25, 0.3) is 0 Å². The number of halogens is 4. The standard InChI is InChI=1S/C11H8Cl3FN3O5P/c12-6-3-5(15)1-2-7(6)16-11(19)9-8(13)10(14)18(17-9)4-23-24(20,21)22/h1-3H,4H2,(H,16,19)(H2,20,21,22). The van der Waals surface area contributed by atoms with Crippen molar-refractivity contribution in [1.29, 1.82) is 0 Å². The molecule has 0 aliphatic rings. The van der Waals surface area contributed by atoms with E-state index in [1.54, 1.807) is 0 Å². The van der Waals surface area contributed by atoms with E-state index in [0.717, 1.165) is 16.8 Å². The summed E-state index contributed by atoms with van der Waals surface area (Å²) in [6, 6.07) is 3.32. The zero-order valence-electron chi connectivity index (χ0n) is 11.4. The first-order chi connectivity index (χ1) is 11.1. The first-order valence-electron chi connectivity index (χ1n) is 5.97. The van der Waals surface area contributed by atoms with Crippen LogP contribution >= 0.6 is 42.6 Å². The fourth-order valence-electron chi connectivity index (χ4n) is 1.55. The molecule has 0 spiro atoms. The van der Waals surface area contributed by atoms with Crippen molar-refractivity contribution in [1.82, 2.24) is 9.78 Å². The summed E-state index contributed by atoms with van der Waals surface area (Å²) in [5, 5.41) is 5.50. The van der Waals surface area contributed by atoms with Crippen LogP contribution in [0.2, 0.25) is 15.2 Å². The molecule has 0 aliphatic heterocycles. The van der Waals surface area contributed by atoms with Crippen LogP contribution in [0.1, 0.15) is 10.5 Å². The highest BCUT2D eigenvalue weighted by atomic mass is 35.5. The topological polar surface area (TPSA) is 114 Å². The first-order valence-corrected chi connectivity index (χ1v) is 8.63. The van der Waals surface area contributed by atoms with Gasteiger partial charge in [0.15, 0.2) is 12.4 Å². The average Bonchev–Trinajstić information content (AvgIpc) is 2.75. The van der Waals surface area contributed by atoms with Crippen LogP contribution in [0.4, 0.5) is 10.1 Å². The minimum absolute atomic E-state index is 0.0464. The number of aromatic nitrogens is 2. The molecule has 1 aromatic heterocycles. The third-order valence-corrected chi connectivity index (χ3v) is 4.18. The van der Waals surface area contributed by atoms with Crippen molar-refractivity contribution < 1.29 is 28.1 Å². The van der Waals surface area contributed by atoms with Crippen molar-refractivity contribution in [2.45, 2.75) is 6.73 Å². The molecule has 0 bridgehead atoms. The number of rotatable bonds is 5. The van der Waals surface area contributed by atoms with Crippen molar-refractivity contribution in [3.8, 4) is 0 Å². The Labute approximate surface area is 149 Å². The lowest BCUT2D eigenvalue weighted by Crippen LogP contribution is -2.14. The maximum absolute atomic E-state index is 13.0. The Morgan fingerprint density at radius 2 is 2.04 bits per heavy atom. The summed E-state index contributed by atoms with van der Waals surface area (Å²) in [5.74, 6) is -1.40. The average molecular weight is 419 g/mol. The van der Waals surface area contributed by atoms with E-state index in [4.69, 9.17) is 44.6 Å². The van der Waals surface area contributed by atoms with E-state index in [-0.39, 0.29) is 26.6 Å². The van der Waals surface area contributed by atoms with Gasteiger partial charge in [-0.05, 0) is 18.2 Å². The molecular formula is C11H8Cl3FN3O5P. The van der Waals surface area contributed by atoms with Crippen LogP contribution in [-0.4, -0.2) is 25.5 Å². The predicted octanol–water partition coefficient (Wildman–Crippen LogP) is 3.30. The highest BCUT2D eigenvalue weighted by molar-refractivity contribution is 7.46. The van der Waals surface area contributed by atoms with Crippen LogP contribution in [0, 0.1) is 5.82 Å². The molecule has 0 saturated carbocycles. The lowest BCUT2D eigenvalue weighted by Gasteiger charge is -2.06. The number of phosphoric acid groups is 1. The molecule has 2 aromatic rings. The number of hydrogen-bond donors (Lipinski definition) is 3. The molecule has 3 N–H and O–H groups in total. The van der Waals surface area contributed by atoms with Crippen LogP contribution in [0.5, 0.6) is 0 Å². The summed E-state index contributed by atoms with van der Waals surface area (Å²) < 4.78 is 28.7. The van der Waals surface area contributed by atoms with Gasteiger partial charge in [0.05, 0.1) is 10.7 Å². The van der Waals surface area contributed by atoms with E-state index in [1.807, 2.05) is 0 Å². The van der Waals surface area contributed by atoms with Crippen molar-refractivity contribution in [2.75, 3.05) is 5.32 Å². The Morgan fingerprint density at radius 3 is 2.62 bits per heavy atom. The normalized spacial score (nSPS) is 11.6. The molecule has 130 valence electrons. The lowest BCUT2D eigenvalue weighted by atomic mass is 10.3. The molecule has 0 unspecified atom stereocenters. The molecule has 13 heteroatoms. The molecular weight excluding hydrogens is 410 g/mol. The van der Waals surface area contributed by atoms with E-state index in [2.05, 4.69) is 14.9 Å². The molecule has 1 amide bonds. The van der Waals surface area contributed by atoms with Crippen molar-refractivity contribution in [3.05, 3.63) is 44.9 Å². The van der Waals surface area contributed by atoms with Crippen molar-refractivity contribution in [3.63, 3.8) is 0 Å². The van der Waals surface area contributed by atoms with Crippen LogP contribution in [0.3, 0.4) is 0 Å². The van der Waals surface area contributed by atoms with Crippen molar-refractivity contribution in [2.24, 2.45) is 0 Å². The highest BCUT2D eigenvalue weighted by Crippen LogP contribution is 2.37. The minimum atomic E-state index is -4.76. The second-order valence-electron chi connectivity index (χ2n) is 4.28. The Morgan fingerprint density at radius 1 is 1.38 bits per heavy atom. The third-order valence-electron chi connectivity index (χ3n) is 2.58. The van der Waals surface area contributed by atoms with Gasteiger partial charge in [-0.1, -0.05) is 34.8 Å². The van der Waals surface area contributed by atoms with Gasteiger partial charge in [0.25, 0.3) is 5.91 Å². The van der Waals surface area contributed by atoms with Crippen LogP contribution < -0.4 is 5.32 Å².